The molecular weight excluding hydrogens is 302 g/mol. The zero-order chi connectivity index (χ0) is 13.5. The molecule has 0 saturated heterocycles. The van der Waals surface area contributed by atoms with Crippen LogP contribution in [-0.4, -0.2) is 36.7 Å². The summed E-state index contributed by atoms with van der Waals surface area (Å²) in [6.07, 6.45) is 0.140. The molecule has 0 bridgehead atoms. The number of aliphatic hydroxyl groups is 1. The normalized spacial score (nSPS) is 11.7. The van der Waals surface area contributed by atoms with Crippen LogP contribution in [0.2, 0.25) is 0 Å². The van der Waals surface area contributed by atoms with Gasteiger partial charge in [-0.25, -0.2) is 4.79 Å². The van der Waals surface area contributed by atoms with Crippen LogP contribution in [0.1, 0.15) is 5.56 Å². The van der Waals surface area contributed by atoms with Crippen molar-refractivity contribution in [3.63, 3.8) is 0 Å². The summed E-state index contributed by atoms with van der Waals surface area (Å²) in [5, 5.41) is 11.4. The monoisotopic (exact) mass is 315 g/mol. The molecule has 0 aliphatic rings. The zero-order valence-corrected chi connectivity index (χ0v) is 11.4. The average Bonchev–Trinajstić information content (AvgIpc) is 2.37. The molecule has 6 heteroatoms. The second-order valence-electron chi connectivity index (χ2n) is 3.63. The standard InChI is InChI=1S/C12H14BrNO4/c1-18-12(17)10(7-15)14-11(16)6-8-2-4-9(13)5-3-8/h2-5,10,15H,6-7H2,1H3,(H,14,16). The number of nitrogens with one attached hydrogen (secondary N) is 1. The summed E-state index contributed by atoms with van der Waals surface area (Å²) in [4.78, 5) is 22.8. The second-order valence-corrected chi connectivity index (χ2v) is 4.54. The Morgan fingerprint density at radius 1 is 1.39 bits per heavy atom. The topological polar surface area (TPSA) is 75.6 Å². The quantitative estimate of drug-likeness (QED) is 0.782. The predicted molar refractivity (Wildman–Crippen MR) is 68.9 cm³/mol. The Labute approximate surface area is 113 Å². The van der Waals surface area contributed by atoms with Gasteiger partial charge in [-0.05, 0) is 17.7 Å². The highest BCUT2D eigenvalue weighted by Crippen LogP contribution is 2.10. The Hall–Kier alpha value is -1.40. The first-order valence-corrected chi connectivity index (χ1v) is 6.08. The number of hydrogen-bond donors (Lipinski definition) is 2. The minimum Gasteiger partial charge on any atom is -0.467 e. The molecule has 0 aliphatic carbocycles. The van der Waals surface area contributed by atoms with Crippen molar-refractivity contribution in [1.29, 1.82) is 0 Å². The number of ether oxygens (including phenoxy) is 1. The average molecular weight is 316 g/mol. The summed E-state index contributed by atoms with van der Waals surface area (Å²) < 4.78 is 5.38. The highest BCUT2D eigenvalue weighted by atomic mass is 79.9. The second kappa shape index (κ2) is 7.13. The fourth-order valence-electron chi connectivity index (χ4n) is 1.35. The summed E-state index contributed by atoms with van der Waals surface area (Å²) in [5.74, 6) is -1.01. The van der Waals surface area contributed by atoms with E-state index in [0.29, 0.717) is 0 Å². The van der Waals surface area contributed by atoms with Gasteiger partial charge in [0.15, 0.2) is 6.04 Å². The molecule has 0 aromatic heterocycles. The van der Waals surface area contributed by atoms with Crippen molar-refractivity contribution in [3.8, 4) is 0 Å². The van der Waals surface area contributed by atoms with E-state index in [-0.39, 0.29) is 12.3 Å². The van der Waals surface area contributed by atoms with Crippen molar-refractivity contribution >= 4 is 27.8 Å². The molecule has 1 aromatic rings. The number of amides is 1. The van der Waals surface area contributed by atoms with Gasteiger partial charge in [0, 0.05) is 4.47 Å². The lowest BCUT2D eigenvalue weighted by molar-refractivity contribution is -0.146. The zero-order valence-electron chi connectivity index (χ0n) is 9.85. The molecule has 1 aromatic carbocycles. The maximum atomic E-state index is 11.6. The van der Waals surface area contributed by atoms with E-state index in [1.165, 1.54) is 7.11 Å². The molecule has 0 aliphatic heterocycles. The summed E-state index contributed by atoms with van der Waals surface area (Å²) in [7, 11) is 1.20. The Morgan fingerprint density at radius 2 is 2.00 bits per heavy atom. The first kappa shape index (κ1) is 14.7. The lowest BCUT2D eigenvalue weighted by Gasteiger charge is -2.13. The predicted octanol–water partition coefficient (Wildman–Crippen LogP) is 0.642. The molecule has 0 saturated carbocycles. The van der Waals surface area contributed by atoms with Gasteiger partial charge >= 0.3 is 5.97 Å². The summed E-state index contributed by atoms with van der Waals surface area (Å²) in [5.41, 5.74) is 0.817. The van der Waals surface area contributed by atoms with E-state index in [1.54, 1.807) is 12.1 Å². The lowest BCUT2D eigenvalue weighted by Crippen LogP contribution is -2.44. The van der Waals surface area contributed by atoms with Crippen LogP contribution in [0.4, 0.5) is 0 Å². The van der Waals surface area contributed by atoms with Crippen LogP contribution >= 0.6 is 15.9 Å². The number of halogens is 1. The van der Waals surface area contributed by atoms with E-state index in [0.717, 1.165) is 10.0 Å². The fraction of sp³-hybridized carbons (Fsp3) is 0.333. The van der Waals surface area contributed by atoms with Gasteiger partial charge in [-0.2, -0.15) is 0 Å². The smallest absolute Gasteiger partial charge is 0.330 e. The third-order valence-corrected chi connectivity index (χ3v) is 2.81. The van der Waals surface area contributed by atoms with Gasteiger partial charge in [0.1, 0.15) is 0 Å². The number of aliphatic hydroxyl groups excluding tert-OH is 1. The van der Waals surface area contributed by atoms with Gasteiger partial charge in [0.05, 0.1) is 20.1 Å². The Bertz CT molecular complexity index is 419. The minimum atomic E-state index is -1.02. The van der Waals surface area contributed by atoms with Gasteiger partial charge in [-0.15, -0.1) is 0 Å². The molecule has 1 unspecified atom stereocenters. The number of methoxy groups -OCH3 is 1. The summed E-state index contributed by atoms with van der Waals surface area (Å²) in [6, 6.07) is 6.24. The van der Waals surface area contributed by atoms with Gasteiger partial charge in [0.2, 0.25) is 5.91 Å². The van der Waals surface area contributed by atoms with Gasteiger partial charge in [-0.3, -0.25) is 4.79 Å². The van der Waals surface area contributed by atoms with Crippen molar-refractivity contribution in [2.24, 2.45) is 0 Å². The Balaban J connectivity index is 2.55. The number of carbonyl (C=O) groups is 2. The minimum absolute atomic E-state index is 0.140. The molecular formula is C12H14BrNO4. The third-order valence-electron chi connectivity index (χ3n) is 2.28. The first-order chi connectivity index (χ1) is 8.56. The van der Waals surface area contributed by atoms with Crippen LogP contribution in [0.25, 0.3) is 0 Å². The van der Waals surface area contributed by atoms with E-state index in [4.69, 9.17) is 5.11 Å². The molecule has 5 nitrogen and oxygen atoms in total. The SMILES string of the molecule is COC(=O)C(CO)NC(=O)Cc1ccc(Br)cc1. The first-order valence-electron chi connectivity index (χ1n) is 5.29. The van der Waals surface area contributed by atoms with Crippen LogP contribution in [0, 0.1) is 0 Å². The van der Waals surface area contributed by atoms with E-state index in [1.807, 2.05) is 12.1 Å². The Kier molecular flexibility index (Phi) is 5.80. The largest absolute Gasteiger partial charge is 0.467 e. The van der Waals surface area contributed by atoms with Crippen LogP contribution in [0.15, 0.2) is 28.7 Å². The van der Waals surface area contributed by atoms with E-state index in [2.05, 4.69) is 26.0 Å². The lowest BCUT2D eigenvalue weighted by atomic mass is 10.1. The number of esters is 1. The molecule has 18 heavy (non-hydrogen) atoms. The highest BCUT2D eigenvalue weighted by molar-refractivity contribution is 9.10. The molecule has 2 N–H and O–H groups in total. The van der Waals surface area contributed by atoms with E-state index >= 15 is 0 Å². The van der Waals surface area contributed by atoms with Crippen molar-refractivity contribution in [2.75, 3.05) is 13.7 Å². The third kappa shape index (κ3) is 4.46. The van der Waals surface area contributed by atoms with Crippen molar-refractivity contribution in [2.45, 2.75) is 12.5 Å². The molecule has 1 atom stereocenters. The van der Waals surface area contributed by atoms with Crippen molar-refractivity contribution in [1.82, 2.24) is 5.32 Å². The van der Waals surface area contributed by atoms with Crippen LogP contribution in [0.3, 0.4) is 0 Å². The van der Waals surface area contributed by atoms with Gasteiger partial charge in [-0.1, -0.05) is 28.1 Å². The van der Waals surface area contributed by atoms with E-state index < -0.39 is 18.6 Å². The number of rotatable bonds is 5. The summed E-state index contributed by atoms with van der Waals surface area (Å²) >= 11 is 3.30. The van der Waals surface area contributed by atoms with Crippen LogP contribution in [0.5, 0.6) is 0 Å². The number of carbonyl (C=O) groups excluding carboxylic acids is 2. The maximum Gasteiger partial charge on any atom is 0.330 e. The molecule has 0 heterocycles. The molecule has 1 amide bonds. The highest BCUT2D eigenvalue weighted by Gasteiger charge is 2.20. The van der Waals surface area contributed by atoms with Crippen LogP contribution in [-0.2, 0) is 20.7 Å². The van der Waals surface area contributed by atoms with Gasteiger partial charge < -0.3 is 15.2 Å². The number of hydrogen-bond acceptors (Lipinski definition) is 4. The molecule has 0 radical (unpaired) electrons. The Morgan fingerprint density at radius 3 is 2.50 bits per heavy atom. The van der Waals surface area contributed by atoms with E-state index in [9.17, 15) is 9.59 Å². The van der Waals surface area contributed by atoms with Crippen molar-refractivity contribution in [3.05, 3.63) is 34.3 Å². The van der Waals surface area contributed by atoms with Crippen LogP contribution < -0.4 is 5.32 Å². The molecule has 0 fully saturated rings. The molecule has 1 rings (SSSR count). The summed E-state index contributed by atoms with van der Waals surface area (Å²) in [6.45, 7) is -0.487. The maximum absolute atomic E-state index is 11.6. The fourth-order valence-corrected chi connectivity index (χ4v) is 1.62. The van der Waals surface area contributed by atoms with Crippen molar-refractivity contribution < 1.29 is 19.4 Å². The molecule has 0 spiro atoms. The number of benzene rings is 1. The molecule has 98 valence electrons. The van der Waals surface area contributed by atoms with Gasteiger partial charge in [0.25, 0.3) is 0 Å².